The lowest BCUT2D eigenvalue weighted by Gasteiger charge is -2.26. The maximum Gasteiger partial charge on any atom is 0.230 e. The van der Waals surface area contributed by atoms with E-state index in [0.717, 1.165) is 35.7 Å². The van der Waals surface area contributed by atoms with Crippen molar-refractivity contribution in [2.75, 3.05) is 18.0 Å². The quantitative estimate of drug-likeness (QED) is 0.721. The lowest BCUT2D eigenvalue weighted by Crippen LogP contribution is -2.30. The van der Waals surface area contributed by atoms with E-state index in [1.165, 1.54) is 19.3 Å². The fourth-order valence-electron chi connectivity index (χ4n) is 2.68. The SMILES string of the molecule is c1ccc2oc(-c3cnc(N4CCCCC4)nc3)nc2c1. The van der Waals surface area contributed by atoms with Gasteiger partial charge in [0.2, 0.25) is 11.8 Å². The van der Waals surface area contributed by atoms with Crippen molar-refractivity contribution in [3.05, 3.63) is 36.7 Å². The van der Waals surface area contributed by atoms with E-state index < -0.39 is 0 Å². The van der Waals surface area contributed by atoms with E-state index in [9.17, 15) is 0 Å². The number of para-hydroxylation sites is 2. The number of benzene rings is 1. The second kappa shape index (κ2) is 5.16. The van der Waals surface area contributed by atoms with E-state index in [4.69, 9.17) is 4.42 Å². The van der Waals surface area contributed by atoms with Crippen LogP contribution in [0.4, 0.5) is 5.95 Å². The second-order valence-electron chi connectivity index (χ2n) is 5.31. The van der Waals surface area contributed by atoms with Crippen LogP contribution in [0, 0.1) is 0 Å². The molecule has 1 aromatic carbocycles. The van der Waals surface area contributed by atoms with Crippen molar-refractivity contribution in [2.45, 2.75) is 19.3 Å². The van der Waals surface area contributed by atoms with Gasteiger partial charge < -0.3 is 9.32 Å². The minimum atomic E-state index is 0.571. The molecule has 0 amide bonds. The third kappa shape index (κ3) is 2.35. The summed E-state index contributed by atoms with van der Waals surface area (Å²) < 4.78 is 5.73. The van der Waals surface area contributed by atoms with Crippen LogP contribution in [0.5, 0.6) is 0 Å². The van der Waals surface area contributed by atoms with Gasteiger partial charge in [0, 0.05) is 25.5 Å². The van der Waals surface area contributed by atoms with Crippen molar-refractivity contribution in [3.63, 3.8) is 0 Å². The summed E-state index contributed by atoms with van der Waals surface area (Å²) in [6.45, 7) is 2.09. The summed E-state index contributed by atoms with van der Waals surface area (Å²) in [6, 6.07) is 7.73. The maximum absolute atomic E-state index is 5.73. The van der Waals surface area contributed by atoms with E-state index in [2.05, 4.69) is 19.9 Å². The highest BCUT2D eigenvalue weighted by Gasteiger charge is 2.14. The highest BCUT2D eigenvalue weighted by atomic mass is 16.3. The molecule has 1 fully saturated rings. The smallest absolute Gasteiger partial charge is 0.230 e. The highest BCUT2D eigenvalue weighted by molar-refractivity contribution is 5.75. The predicted molar refractivity (Wildman–Crippen MR) is 81.1 cm³/mol. The fraction of sp³-hybridized carbons (Fsp3) is 0.312. The summed E-state index contributed by atoms with van der Waals surface area (Å²) >= 11 is 0. The summed E-state index contributed by atoms with van der Waals surface area (Å²) in [4.78, 5) is 15.6. The normalized spacial score (nSPS) is 15.5. The average molecular weight is 280 g/mol. The Bertz CT molecular complexity index is 711. The third-order valence-electron chi connectivity index (χ3n) is 3.82. The second-order valence-corrected chi connectivity index (χ2v) is 5.31. The molecule has 3 aromatic rings. The molecule has 1 saturated heterocycles. The number of aromatic nitrogens is 3. The van der Waals surface area contributed by atoms with E-state index in [-0.39, 0.29) is 0 Å². The minimum absolute atomic E-state index is 0.571. The Balaban J connectivity index is 1.63. The van der Waals surface area contributed by atoms with Crippen molar-refractivity contribution in [1.29, 1.82) is 0 Å². The molecule has 0 bridgehead atoms. The Morgan fingerprint density at radius 3 is 2.48 bits per heavy atom. The number of fused-ring (bicyclic) bond motifs is 1. The standard InChI is InChI=1S/C16H16N4O/c1-4-8-20(9-5-1)16-17-10-12(11-18-16)15-19-13-6-2-3-7-14(13)21-15/h2-3,6-7,10-11H,1,4-5,8-9H2. The molecule has 0 spiro atoms. The molecule has 5 nitrogen and oxygen atoms in total. The Morgan fingerprint density at radius 2 is 1.71 bits per heavy atom. The number of rotatable bonds is 2. The summed E-state index contributed by atoms with van der Waals surface area (Å²) in [6.07, 6.45) is 7.33. The Hall–Kier alpha value is -2.43. The van der Waals surface area contributed by atoms with Gasteiger partial charge in [-0.05, 0) is 31.4 Å². The van der Waals surface area contributed by atoms with Gasteiger partial charge in [0.25, 0.3) is 0 Å². The van der Waals surface area contributed by atoms with Crippen LogP contribution in [0.15, 0.2) is 41.1 Å². The molecule has 0 unspecified atom stereocenters. The minimum Gasteiger partial charge on any atom is -0.436 e. The lowest BCUT2D eigenvalue weighted by molar-refractivity contribution is 0.568. The molecule has 0 radical (unpaired) electrons. The van der Waals surface area contributed by atoms with Crippen molar-refractivity contribution in [2.24, 2.45) is 0 Å². The van der Waals surface area contributed by atoms with Crippen LogP contribution in [-0.4, -0.2) is 28.0 Å². The predicted octanol–water partition coefficient (Wildman–Crippen LogP) is 3.28. The van der Waals surface area contributed by atoms with Crippen LogP contribution in [0.25, 0.3) is 22.6 Å². The lowest BCUT2D eigenvalue weighted by atomic mass is 10.1. The molecule has 21 heavy (non-hydrogen) atoms. The van der Waals surface area contributed by atoms with Crippen LogP contribution in [0.2, 0.25) is 0 Å². The van der Waals surface area contributed by atoms with Gasteiger partial charge in [-0.3, -0.25) is 0 Å². The molecule has 3 heterocycles. The molecular weight excluding hydrogens is 264 g/mol. The first-order valence-electron chi connectivity index (χ1n) is 7.33. The molecule has 0 atom stereocenters. The van der Waals surface area contributed by atoms with Crippen LogP contribution in [0.1, 0.15) is 19.3 Å². The van der Waals surface area contributed by atoms with Crippen LogP contribution >= 0.6 is 0 Å². The van der Waals surface area contributed by atoms with E-state index in [0.29, 0.717) is 5.89 Å². The zero-order valence-electron chi connectivity index (χ0n) is 11.7. The fourth-order valence-corrected chi connectivity index (χ4v) is 2.68. The Morgan fingerprint density at radius 1 is 0.952 bits per heavy atom. The molecule has 1 aliphatic heterocycles. The first-order chi connectivity index (χ1) is 10.4. The first-order valence-corrected chi connectivity index (χ1v) is 7.33. The van der Waals surface area contributed by atoms with Crippen molar-refractivity contribution in [3.8, 4) is 11.5 Å². The number of oxazole rings is 1. The molecule has 0 saturated carbocycles. The third-order valence-corrected chi connectivity index (χ3v) is 3.82. The molecule has 1 aliphatic rings. The highest BCUT2D eigenvalue weighted by Crippen LogP contribution is 2.24. The summed E-state index contributed by atoms with van der Waals surface area (Å²) in [7, 11) is 0. The van der Waals surface area contributed by atoms with Crippen LogP contribution < -0.4 is 4.90 Å². The van der Waals surface area contributed by atoms with Gasteiger partial charge in [-0.15, -0.1) is 0 Å². The number of anilines is 1. The van der Waals surface area contributed by atoms with Crippen molar-refractivity contribution >= 4 is 17.0 Å². The van der Waals surface area contributed by atoms with E-state index in [1.54, 1.807) is 12.4 Å². The van der Waals surface area contributed by atoms with Gasteiger partial charge in [-0.25, -0.2) is 15.0 Å². The zero-order chi connectivity index (χ0) is 14.1. The largest absolute Gasteiger partial charge is 0.436 e. The van der Waals surface area contributed by atoms with Crippen LogP contribution in [0.3, 0.4) is 0 Å². The zero-order valence-corrected chi connectivity index (χ0v) is 11.7. The van der Waals surface area contributed by atoms with Gasteiger partial charge in [0.1, 0.15) is 5.52 Å². The van der Waals surface area contributed by atoms with Gasteiger partial charge in [0.15, 0.2) is 5.58 Å². The molecule has 106 valence electrons. The molecule has 4 rings (SSSR count). The van der Waals surface area contributed by atoms with E-state index in [1.807, 2.05) is 24.3 Å². The van der Waals surface area contributed by atoms with Gasteiger partial charge >= 0.3 is 0 Å². The first kappa shape index (κ1) is 12.3. The number of hydrogen-bond acceptors (Lipinski definition) is 5. The number of piperidine rings is 1. The maximum atomic E-state index is 5.73. The number of hydrogen-bond donors (Lipinski definition) is 0. The summed E-state index contributed by atoms with van der Waals surface area (Å²) in [5, 5.41) is 0. The van der Waals surface area contributed by atoms with E-state index >= 15 is 0 Å². The Kier molecular flexibility index (Phi) is 3.03. The van der Waals surface area contributed by atoms with Crippen molar-refractivity contribution < 1.29 is 4.42 Å². The van der Waals surface area contributed by atoms with Gasteiger partial charge in [-0.1, -0.05) is 12.1 Å². The molecule has 2 aromatic heterocycles. The molecule has 0 aliphatic carbocycles. The Labute approximate surface area is 122 Å². The molecule has 0 N–H and O–H groups in total. The summed E-state index contributed by atoms with van der Waals surface area (Å²) in [5.41, 5.74) is 2.45. The monoisotopic (exact) mass is 280 g/mol. The average Bonchev–Trinajstić information content (AvgIpc) is 3.00. The summed E-state index contributed by atoms with van der Waals surface area (Å²) in [5.74, 6) is 1.37. The molecule has 5 heteroatoms. The van der Waals surface area contributed by atoms with Gasteiger partial charge in [-0.2, -0.15) is 0 Å². The number of nitrogens with zero attached hydrogens (tertiary/aromatic N) is 4. The van der Waals surface area contributed by atoms with Crippen LogP contribution in [-0.2, 0) is 0 Å². The molecular formula is C16H16N4O. The van der Waals surface area contributed by atoms with Crippen molar-refractivity contribution in [1.82, 2.24) is 15.0 Å². The van der Waals surface area contributed by atoms with Gasteiger partial charge in [0.05, 0.1) is 5.56 Å². The topological polar surface area (TPSA) is 55.1 Å².